The molecule has 0 aliphatic carbocycles. The van der Waals surface area contributed by atoms with E-state index < -0.39 is 0 Å². The van der Waals surface area contributed by atoms with Crippen molar-refractivity contribution in [2.24, 2.45) is 0 Å². The van der Waals surface area contributed by atoms with Gasteiger partial charge in [-0.15, -0.1) is 0 Å². The van der Waals surface area contributed by atoms with E-state index in [4.69, 9.17) is 4.42 Å². The summed E-state index contributed by atoms with van der Waals surface area (Å²) >= 11 is 0. The topological polar surface area (TPSA) is 33.5 Å². The fourth-order valence-electron chi connectivity index (χ4n) is 1.69. The van der Waals surface area contributed by atoms with Crippen LogP contribution >= 0.6 is 0 Å². The van der Waals surface area contributed by atoms with Crippen LogP contribution in [0.3, 0.4) is 0 Å². The van der Waals surface area contributed by atoms with Gasteiger partial charge < -0.3 is 9.32 Å². The second-order valence-corrected chi connectivity index (χ2v) is 3.91. The van der Waals surface area contributed by atoms with E-state index in [0.717, 1.165) is 5.76 Å². The van der Waals surface area contributed by atoms with Crippen molar-refractivity contribution in [2.75, 3.05) is 6.54 Å². The molecule has 0 spiro atoms. The molecule has 4 heteroatoms. The molecule has 2 rings (SSSR count). The van der Waals surface area contributed by atoms with Crippen LogP contribution in [0.2, 0.25) is 0 Å². The molecule has 0 saturated carbocycles. The Bertz CT molecular complexity index is 505. The maximum absolute atomic E-state index is 12.8. The zero-order valence-electron chi connectivity index (χ0n) is 10.1. The smallest absolute Gasteiger partial charge is 0.254 e. The molecule has 0 saturated heterocycles. The molecule has 0 unspecified atom stereocenters. The van der Waals surface area contributed by atoms with Crippen molar-refractivity contribution in [3.63, 3.8) is 0 Å². The van der Waals surface area contributed by atoms with E-state index in [1.807, 2.05) is 13.0 Å². The molecule has 1 aromatic carbocycles. The molecule has 0 fully saturated rings. The second kappa shape index (κ2) is 5.49. The van der Waals surface area contributed by atoms with Gasteiger partial charge in [0.25, 0.3) is 5.91 Å². The lowest BCUT2D eigenvalue weighted by Gasteiger charge is -2.19. The third kappa shape index (κ3) is 2.77. The molecule has 94 valence electrons. The molecular weight excluding hydrogens is 233 g/mol. The molecule has 1 aromatic heterocycles. The number of halogens is 1. The molecule has 0 N–H and O–H groups in total. The zero-order chi connectivity index (χ0) is 13.0. The number of carbonyl (C=O) groups is 1. The molecular formula is C14H14FNO2. The van der Waals surface area contributed by atoms with Crippen LogP contribution in [0.15, 0.2) is 47.1 Å². The summed E-state index contributed by atoms with van der Waals surface area (Å²) in [5.74, 6) is 0.252. The fraction of sp³-hybridized carbons (Fsp3) is 0.214. The minimum absolute atomic E-state index is 0.131. The standard InChI is InChI=1S/C14H14FNO2/c1-2-16(10-13-4-3-9-18-13)14(17)11-5-7-12(15)8-6-11/h3-9H,2,10H2,1H3. The van der Waals surface area contributed by atoms with E-state index >= 15 is 0 Å². The van der Waals surface area contributed by atoms with E-state index in [2.05, 4.69) is 0 Å². The van der Waals surface area contributed by atoms with Gasteiger partial charge in [0.05, 0.1) is 12.8 Å². The van der Waals surface area contributed by atoms with Crippen LogP contribution in [0.4, 0.5) is 4.39 Å². The van der Waals surface area contributed by atoms with Gasteiger partial charge in [-0.1, -0.05) is 0 Å². The lowest BCUT2D eigenvalue weighted by molar-refractivity contribution is 0.0741. The molecule has 3 nitrogen and oxygen atoms in total. The molecule has 0 aliphatic rings. The van der Waals surface area contributed by atoms with Crippen molar-refractivity contribution in [2.45, 2.75) is 13.5 Å². The Morgan fingerprint density at radius 1 is 1.28 bits per heavy atom. The number of amides is 1. The predicted octanol–water partition coefficient (Wildman–Crippen LogP) is 3.08. The SMILES string of the molecule is CCN(Cc1ccco1)C(=O)c1ccc(F)cc1. The van der Waals surface area contributed by atoms with Crippen molar-refractivity contribution in [1.29, 1.82) is 0 Å². The first-order valence-corrected chi connectivity index (χ1v) is 5.78. The quantitative estimate of drug-likeness (QED) is 0.831. The summed E-state index contributed by atoms with van der Waals surface area (Å²) in [6, 6.07) is 9.15. The molecule has 0 bridgehead atoms. The van der Waals surface area contributed by atoms with Gasteiger partial charge in [0, 0.05) is 12.1 Å². The van der Waals surface area contributed by atoms with Crippen molar-refractivity contribution in [3.8, 4) is 0 Å². The number of furan rings is 1. The van der Waals surface area contributed by atoms with Gasteiger partial charge in [0.1, 0.15) is 11.6 Å². The Morgan fingerprint density at radius 3 is 2.56 bits per heavy atom. The number of nitrogens with zero attached hydrogens (tertiary/aromatic N) is 1. The molecule has 1 heterocycles. The first-order valence-electron chi connectivity index (χ1n) is 5.78. The van der Waals surface area contributed by atoms with Gasteiger partial charge in [0.15, 0.2) is 0 Å². The van der Waals surface area contributed by atoms with Crippen LogP contribution < -0.4 is 0 Å². The van der Waals surface area contributed by atoms with E-state index in [9.17, 15) is 9.18 Å². The average molecular weight is 247 g/mol. The number of carbonyl (C=O) groups excluding carboxylic acids is 1. The Balaban J connectivity index is 2.12. The predicted molar refractivity (Wildman–Crippen MR) is 65.5 cm³/mol. The van der Waals surface area contributed by atoms with Gasteiger partial charge in [-0.05, 0) is 43.3 Å². The number of hydrogen-bond donors (Lipinski definition) is 0. The molecule has 0 atom stereocenters. The first-order chi connectivity index (χ1) is 8.70. The normalized spacial score (nSPS) is 10.3. The Labute approximate surface area is 105 Å². The van der Waals surface area contributed by atoms with Crippen molar-refractivity contribution in [1.82, 2.24) is 4.90 Å². The zero-order valence-corrected chi connectivity index (χ0v) is 10.1. The van der Waals surface area contributed by atoms with Crippen LogP contribution in [-0.4, -0.2) is 17.4 Å². The highest BCUT2D eigenvalue weighted by atomic mass is 19.1. The lowest BCUT2D eigenvalue weighted by atomic mass is 10.2. The van der Waals surface area contributed by atoms with Crippen LogP contribution in [0.5, 0.6) is 0 Å². The summed E-state index contributed by atoms with van der Waals surface area (Å²) in [6.45, 7) is 2.88. The summed E-state index contributed by atoms with van der Waals surface area (Å²) in [6.07, 6.45) is 1.57. The van der Waals surface area contributed by atoms with Crippen LogP contribution in [-0.2, 0) is 6.54 Å². The number of benzene rings is 1. The van der Waals surface area contributed by atoms with Gasteiger partial charge in [0.2, 0.25) is 0 Å². The summed E-state index contributed by atoms with van der Waals surface area (Å²) in [4.78, 5) is 13.8. The minimum Gasteiger partial charge on any atom is -0.467 e. The van der Waals surface area contributed by atoms with E-state index in [-0.39, 0.29) is 11.7 Å². The molecule has 1 amide bonds. The average Bonchev–Trinajstić information content (AvgIpc) is 2.89. The minimum atomic E-state index is -0.347. The van der Waals surface area contributed by atoms with Crippen LogP contribution in [0, 0.1) is 5.82 Å². The highest BCUT2D eigenvalue weighted by Gasteiger charge is 2.15. The second-order valence-electron chi connectivity index (χ2n) is 3.91. The van der Waals surface area contributed by atoms with E-state index in [0.29, 0.717) is 18.7 Å². The Hall–Kier alpha value is -2.10. The van der Waals surface area contributed by atoms with Crippen molar-refractivity contribution in [3.05, 3.63) is 59.8 Å². The maximum Gasteiger partial charge on any atom is 0.254 e. The summed E-state index contributed by atoms with van der Waals surface area (Å²) in [7, 11) is 0. The fourth-order valence-corrected chi connectivity index (χ4v) is 1.69. The summed E-state index contributed by atoms with van der Waals surface area (Å²) in [5.41, 5.74) is 0.477. The maximum atomic E-state index is 12.8. The van der Waals surface area contributed by atoms with Gasteiger partial charge in [-0.2, -0.15) is 0 Å². The summed E-state index contributed by atoms with van der Waals surface area (Å²) < 4.78 is 18.0. The molecule has 0 radical (unpaired) electrons. The van der Waals surface area contributed by atoms with Gasteiger partial charge >= 0.3 is 0 Å². The Morgan fingerprint density at radius 2 is 2.00 bits per heavy atom. The van der Waals surface area contributed by atoms with Crippen LogP contribution in [0.25, 0.3) is 0 Å². The third-order valence-corrected chi connectivity index (χ3v) is 2.69. The highest BCUT2D eigenvalue weighted by molar-refractivity contribution is 5.94. The molecule has 2 aromatic rings. The molecule has 18 heavy (non-hydrogen) atoms. The summed E-state index contributed by atoms with van der Waals surface area (Å²) in [5, 5.41) is 0. The third-order valence-electron chi connectivity index (χ3n) is 2.69. The van der Waals surface area contributed by atoms with E-state index in [1.165, 1.54) is 24.3 Å². The number of rotatable bonds is 4. The van der Waals surface area contributed by atoms with Gasteiger partial charge in [-0.25, -0.2) is 4.39 Å². The van der Waals surface area contributed by atoms with Crippen molar-refractivity contribution >= 4 is 5.91 Å². The van der Waals surface area contributed by atoms with Gasteiger partial charge in [-0.3, -0.25) is 4.79 Å². The molecule has 0 aliphatic heterocycles. The largest absolute Gasteiger partial charge is 0.467 e. The monoisotopic (exact) mass is 247 g/mol. The highest BCUT2D eigenvalue weighted by Crippen LogP contribution is 2.11. The van der Waals surface area contributed by atoms with Crippen LogP contribution in [0.1, 0.15) is 23.0 Å². The van der Waals surface area contributed by atoms with E-state index in [1.54, 1.807) is 17.2 Å². The van der Waals surface area contributed by atoms with Crippen molar-refractivity contribution < 1.29 is 13.6 Å². The first kappa shape index (κ1) is 12.4. The Kier molecular flexibility index (Phi) is 3.77. The number of hydrogen-bond acceptors (Lipinski definition) is 2. The lowest BCUT2D eigenvalue weighted by Crippen LogP contribution is -2.30.